The number of rotatable bonds is 3. The van der Waals surface area contributed by atoms with E-state index in [0.717, 1.165) is 0 Å². The van der Waals surface area contributed by atoms with Crippen LogP contribution in [-0.2, 0) is 0 Å². The molecule has 0 aromatic rings. The first-order chi connectivity index (χ1) is 5.50. The maximum atomic E-state index is 9.84. The second-order valence-corrected chi connectivity index (χ2v) is 1.30. The maximum Gasteiger partial charge on any atom is 0.358 e. The Balaban J connectivity index is 4.74. The average Bonchev–Trinajstić information content (AvgIpc) is 1.85. The van der Waals surface area contributed by atoms with Crippen molar-refractivity contribution in [3.8, 4) is 0 Å². The fourth-order valence-electron chi connectivity index (χ4n) is 0.309. The van der Waals surface area contributed by atoms with E-state index in [0.29, 0.717) is 0 Å². The molecule has 2 N–H and O–H groups in total. The minimum Gasteiger partial charge on any atom is -0.358 e. The van der Waals surface area contributed by atoms with Gasteiger partial charge in [0.1, 0.15) is 0 Å². The minimum absolute atomic E-state index is 0.735. The number of guanidine groups is 1. The molecule has 0 atom stereocenters. The number of nitrogens with two attached hydrogens (primary N) is 1. The van der Waals surface area contributed by atoms with Crippen molar-refractivity contribution in [3.05, 3.63) is 25.1 Å². The lowest BCUT2D eigenvalue weighted by molar-refractivity contribution is -0.881. The van der Waals surface area contributed by atoms with Gasteiger partial charge in [0.05, 0.1) is 5.29 Å². The van der Waals surface area contributed by atoms with Crippen LogP contribution in [0.5, 0.6) is 0 Å². The summed E-state index contributed by atoms with van der Waals surface area (Å²) >= 11 is 0. The van der Waals surface area contributed by atoms with Crippen LogP contribution in [0.4, 0.5) is 0 Å². The van der Waals surface area contributed by atoms with E-state index >= 15 is 0 Å². The number of hydrazine groups is 2. The van der Waals surface area contributed by atoms with Gasteiger partial charge in [0.15, 0.2) is 0 Å². The van der Waals surface area contributed by atoms with Gasteiger partial charge in [-0.1, -0.05) is 5.10 Å². The number of hydrogen-bond donors (Lipinski definition) is 1. The van der Waals surface area contributed by atoms with Gasteiger partial charge in [0.2, 0.25) is 15.2 Å². The molecule has 0 unspecified atom stereocenters. The highest BCUT2D eigenvalue weighted by Gasteiger charge is 2.33. The van der Waals surface area contributed by atoms with E-state index < -0.39 is 21.1 Å². The standard InChI is InChI=1S/CH2N6O5/c2-1(3-4-8)5(6(9)10)7(11)12/h(H2,2,3,8). The van der Waals surface area contributed by atoms with E-state index in [1.807, 2.05) is 0 Å². The molecule has 0 saturated heterocycles. The molecule has 0 amide bonds. The van der Waals surface area contributed by atoms with Crippen molar-refractivity contribution < 1.29 is 10.1 Å². The zero-order valence-corrected chi connectivity index (χ0v) is 5.35. The quantitative estimate of drug-likeness (QED) is 0.184. The van der Waals surface area contributed by atoms with Gasteiger partial charge in [-0.25, -0.2) is 20.2 Å². The van der Waals surface area contributed by atoms with Crippen molar-refractivity contribution >= 4 is 5.96 Å². The van der Waals surface area contributed by atoms with Crippen LogP contribution in [0, 0.1) is 25.1 Å². The number of nitrogens with zero attached hydrogens (tertiary/aromatic N) is 5. The Morgan fingerprint density at radius 1 is 1.33 bits per heavy atom. The van der Waals surface area contributed by atoms with Gasteiger partial charge >= 0.3 is 5.96 Å². The van der Waals surface area contributed by atoms with E-state index in [-0.39, 0.29) is 0 Å². The molecule has 0 radical (unpaired) electrons. The van der Waals surface area contributed by atoms with Gasteiger partial charge in [0.25, 0.3) is 0 Å². The molecule has 0 heterocycles. The average molecular weight is 178 g/mol. The van der Waals surface area contributed by atoms with Crippen molar-refractivity contribution in [1.82, 2.24) is 5.12 Å². The lowest BCUT2D eigenvalue weighted by atomic mass is 11.0. The summed E-state index contributed by atoms with van der Waals surface area (Å²) in [4.78, 5) is 29.1. The number of nitroso groups, excluding NO2 is 1. The molecule has 0 rings (SSSR count). The molecular weight excluding hydrogens is 176 g/mol. The Morgan fingerprint density at radius 3 is 2.00 bits per heavy atom. The van der Waals surface area contributed by atoms with Gasteiger partial charge in [0, 0.05) is 0 Å². The van der Waals surface area contributed by atoms with Crippen molar-refractivity contribution in [2.45, 2.75) is 0 Å². The molecule has 0 bridgehead atoms. The Hall–Kier alpha value is -2.33. The fourth-order valence-corrected chi connectivity index (χ4v) is 0.309. The second kappa shape index (κ2) is 3.75. The van der Waals surface area contributed by atoms with Crippen molar-refractivity contribution in [3.63, 3.8) is 0 Å². The molecule has 66 valence electrons. The lowest BCUT2D eigenvalue weighted by Crippen LogP contribution is -2.45. The summed E-state index contributed by atoms with van der Waals surface area (Å²) < 4.78 is 0. The highest BCUT2D eigenvalue weighted by molar-refractivity contribution is 5.75. The van der Waals surface area contributed by atoms with Gasteiger partial charge in [-0.15, -0.1) is 4.91 Å². The summed E-state index contributed by atoms with van der Waals surface area (Å²) in [5, 5.41) is 20.2. The SMILES string of the molecule is N/C(=N\N=O)N([N+](=O)[O-])[N+](=O)[O-]. The van der Waals surface area contributed by atoms with Crippen molar-refractivity contribution in [2.75, 3.05) is 0 Å². The molecule has 0 saturated carbocycles. The molecule has 0 aromatic carbocycles. The van der Waals surface area contributed by atoms with E-state index in [9.17, 15) is 25.1 Å². The Kier molecular flexibility index (Phi) is 3.02. The lowest BCUT2D eigenvalue weighted by Gasteiger charge is -1.98. The normalized spacial score (nSPS) is 10.5. The summed E-state index contributed by atoms with van der Waals surface area (Å²) in [5.74, 6) is -1.22. The van der Waals surface area contributed by atoms with Crippen LogP contribution in [-0.4, -0.2) is 21.1 Å². The van der Waals surface area contributed by atoms with Crippen LogP contribution >= 0.6 is 0 Å². The zero-order chi connectivity index (χ0) is 9.72. The van der Waals surface area contributed by atoms with E-state index in [4.69, 9.17) is 0 Å². The summed E-state index contributed by atoms with van der Waals surface area (Å²) in [7, 11) is 0. The van der Waals surface area contributed by atoms with Gasteiger partial charge in [-0.05, 0) is 0 Å². The van der Waals surface area contributed by atoms with Crippen molar-refractivity contribution in [2.24, 2.45) is 16.1 Å². The monoisotopic (exact) mass is 178 g/mol. The third-order valence-electron chi connectivity index (χ3n) is 0.658. The smallest absolute Gasteiger partial charge is 0.358 e. The highest BCUT2D eigenvalue weighted by atomic mass is 16.8. The fraction of sp³-hybridized carbons (Fsp3) is 0. The van der Waals surface area contributed by atoms with Crippen LogP contribution in [0.15, 0.2) is 10.4 Å². The topological polar surface area (TPSA) is 157 Å². The first-order valence-corrected chi connectivity index (χ1v) is 2.25. The minimum atomic E-state index is -1.45. The van der Waals surface area contributed by atoms with Crippen LogP contribution < -0.4 is 5.73 Å². The molecule has 0 aromatic heterocycles. The molecule has 0 aliphatic heterocycles. The molecule has 0 spiro atoms. The van der Waals surface area contributed by atoms with E-state index in [2.05, 4.69) is 10.8 Å². The van der Waals surface area contributed by atoms with Crippen LogP contribution in [0.1, 0.15) is 0 Å². The van der Waals surface area contributed by atoms with Crippen LogP contribution in [0.3, 0.4) is 0 Å². The third kappa shape index (κ3) is 2.13. The van der Waals surface area contributed by atoms with Gasteiger partial charge in [-0.3, -0.25) is 0 Å². The first-order valence-electron chi connectivity index (χ1n) is 2.25. The van der Waals surface area contributed by atoms with E-state index in [1.165, 1.54) is 0 Å². The molecular formula is CH2N6O5. The Labute approximate surface area is 63.6 Å². The zero-order valence-electron chi connectivity index (χ0n) is 5.35. The number of hydrogen-bond acceptors (Lipinski definition) is 6. The van der Waals surface area contributed by atoms with Crippen molar-refractivity contribution in [1.29, 1.82) is 0 Å². The molecule has 0 fully saturated rings. The third-order valence-corrected chi connectivity index (χ3v) is 0.658. The predicted octanol–water partition coefficient (Wildman–Crippen LogP) is -1.33. The van der Waals surface area contributed by atoms with Gasteiger partial charge in [-0.2, -0.15) is 0 Å². The maximum absolute atomic E-state index is 9.84. The summed E-state index contributed by atoms with van der Waals surface area (Å²) in [6.45, 7) is 0. The van der Waals surface area contributed by atoms with Crippen LogP contribution in [0.2, 0.25) is 0 Å². The first kappa shape index (κ1) is 9.67. The summed E-state index contributed by atoms with van der Waals surface area (Å²) in [6, 6.07) is 0. The van der Waals surface area contributed by atoms with Gasteiger partial charge < -0.3 is 5.73 Å². The highest BCUT2D eigenvalue weighted by Crippen LogP contribution is 1.88. The van der Waals surface area contributed by atoms with E-state index in [1.54, 1.807) is 5.29 Å². The molecule has 11 nitrogen and oxygen atoms in total. The Morgan fingerprint density at radius 2 is 1.75 bits per heavy atom. The van der Waals surface area contributed by atoms with Crippen LogP contribution in [0.25, 0.3) is 0 Å². The number of nitro groups is 2. The summed E-state index contributed by atoms with van der Waals surface area (Å²) in [5.41, 5.74) is 4.63. The summed E-state index contributed by atoms with van der Waals surface area (Å²) in [6.07, 6.45) is 0. The molecule has 0 aliphatic rings. The molecule has 11 heteroatoms. The Bertz CT molecular complexity index is 230. The largest absolute Gasteiger partial charge is 0.358 e. The predicted molar refractivity (Wildman–Crippen MR) is 33.2 cm³/mol. The molecule has 0 aliphatic carbocycles. The second-order valence-electron chi connectivity index (χ2n) is 1.30. The molecule has 12 heavy (non-hydrogen) atoms.